The number of thiazole rings is 1. The third-order valence-corrected chi connectivity index (χ3v) is 4.47. The minimum Gasteiger partial charge on any atom is -0.303 e. The van der Waals surface area contributed by atoms with E-state index in [4.69, 9.17) is 0 Å². The lowest BCUT2D eigenvalue weighted by atomic mass is 10.1. The lowest BCUT2D eigenvalue weighted by Crippen LogP contribution is -1.91. The third kappa shape index (κ3) is 2.48. The van der Waals surface area contributed by atoms with Gasteiger partial charge in [-0.3, -0.25) is 4.40 Å². The molecule has 0 spiro atoms. The average Bonchev–Trinajstić information content (AvgIpc) is 3.20. The molecule has 7 heteroatoms. The normalized spacial score (nSPS) is 11.0. The fourth-order valence-electron chi connectivity index (χ4n) is 2.50. The highest BCUT2D eigenvalue weighted by molar-refractivity contribution is 7.13. The molecule has 0 aliphatic carbocycles. The number of nitrogens with zero attached hydrogens (tertiary/aromatic N) is 4. The summed E-state index contributed by atoms with van der Waals surface area (Å²) in [5, 5.41) is 2.60. The van der Waals surface area contributed by atoms with Crippen molar-refractivity contribution in [3.8, 4) is 22.0 Å². The number of aromatic nitrogens is 4. The van der Waals surface area contributed by atoms with E-state index >= 15 is 0 Å². The van der Waals surface area contributed by atoms with Crippen molar-refractivity contribution in [3.05, 3.63) is 59.6 Å². The van der Waals surface area contributed by atoms with Crippen LogP contribution in [-0.4, -0.2) is 25.6 Å². The zero-order valence-corrected chi connectivity index (χ0v) is 13.2. The highest BCUT2D eigenvalue weighted by Crippen LogP contribution is 2.34. The lowest BCUT2D eigenvalue weighted by molar-refractivity contribution is -0.107. The van der Waals surface area contributed by atoms with Gasteiger partial charge in [0.2, 0.25) is 5.78 Å². The largest absolute Gasteiger partial charge is 0.303 e. The summed E-state index contributed by atoms with van der Waals surface area (Å²) in [5.41, 5.74) is 2.96. The number of aldehydes is 1. The van der Waals surface area contributed by atoms with Crippen molar-refractivity contribution >= 4 is 23.4 Å². The molecule has 3 aromatic heterocycles. The van der Waals surface area contributed by atoms with Crippen LogP contribution in [0.1, 0.15) is 5.69 Å². The Hall–Kier alpha value is -2.93. The SMILES string of the molecule is O=CCc1csc(-c2c(-c3ccc(F)cc3)nc3ncccn23)n1. The van der Waals surface area contributed by atoms with E-state index in [1.165, 1.54) is 23.5 Å². The maximum atomic E-state index is 13.2. The van der Waals surface area contributed by atoms with Gasteiger partial charge in [0.1, 0.15) is 28.5 Å². The van der Waals surface area contributed by atoms with Gasteiger partial charge in [-0.1, -0.05) is 0 Å². The van der Waals surface area contributed by atoms with Gasteiger partial charge < -0.3 is 4.79 Å². The second kappa shape index (κ2) is 5.93. The number of carbonyl (C=O) groups is 1. The van der Waals surface area contributed by atoms with Gasteiger partial charge >= 0.3 is 0 Å². The van der Waals surface area contributed by atoms with Crippen LogP contribution in [0.25, 0.3) is 27.7 Å². The van der Waals surface area contributed by atoms with Crippen molar-refractivity contribution in [3.63, 3.8) is 0 Å². The fraction of sp³-hybridized carbons (Fsp3) is 0.0588. The number of halogens is 1. The summed E-state index contributed by atoms with van der Waals surface area (Å²) < 4.78 is 15.1. The molecule has 0 aliphatic rings. The molecular weight excluding hydrogens is 327 g/mol. The van der Waals surface area contributed by atoms with E-state index in [-0.39, 0.29) is 12.2 Å². The maximum absolute atomic E-state index is 13.2. The van der Waals surface area contributed by atoms with Gasteiger partial charge in [-0.15, -0.1) is 11.3 Å². The quantitative estimate of drug-likeness (QED) is 0.535. The monoisotopic (exact) mass is 338 g/mol. The second-order valence-electron chi connectivity index (χ2n) is 5.12. The molecule has 0 saturated heterocycles. The van der Waals surface area contributed by atoms with Gasteiger partial charge in [-0.05, 0) is 30.3 Å². The molecule has 0 N–H and O–H groups in total. The van der Waals surface area contributed by atoms with Crippen molar-refractivity contribution in [2.75, 3.05) is 0 Å². The van der Waals surface area contributed by atoms with E-state index in [0.717, 1.165) is 22.6 Å². The molecule has 0 atom stereocenters. The molecule has 4 aromatic rings. The summed E-state index contributed by atoms with van der Waals surface area (Å²) in [4.78, 5) is 24.1. The molecule has 3 heterocycles. The molecule has 1 aromatic carbocycles. The Balaban J connectivity index is 1.95. The van der Waals surface area contributed by atoms with E-state index in [1.54, 1.807) is 18.3 Å². The van der Waals surface area contributed by atoms with Crippen molar-refractivity contribution in [2.24, 2.45) is 0 Å². The van der Waals surface area contributed by atoms with E-state index in [2.05, 4.69) is 15.0 Å². The summed E-state index contributed by atoms with van der Waals surface area (Å²) in [5.74, 6) is 0.240. The number of carbonyl (C=O) groups excluding carboxylic acids is 1. The maximum Gasteiger partial charge on any atom is 0.234 e. The number of hydrogen-bond acceptors (Lipinski definition) is 5. The standard InChI is InChI=1S/C17H11FN4OS/c18-12-4-2-11(3-5-12)14-15(16-20-13(6-9-23)10-24-16)22-8-1-7-19-17(22)21-14/h1-5,7-10H,6H2. The van der Waals surface area contributed by atoms with Crippen LogP contribution in [0.2, 0.25) is 0 Å². The fourth-order valence-corrected chi connectivity index (χ4v) is 3.37. The van der Waals surface area contributed by atoms with Gasteiger partial charge in [-0.2, -0.15) is 0 Å². The zero-order valence-electron chi connectivity index (χ0n) is 12.4. The Morgan fingerprint density at radius 2 is 2.04 bits per heavy atom. The number of rotatable bonds is 4. The Morgan fingerprint density at radius 3 is 2.83 bits per heavy atom. The molecule has 0 radical (unpaired) electrons. The molecule has 4 rings (SSSR count). The number of fused-ring (bicyclic) bond motifs is 1. The minimum absolute atomic E-state index is 0.275. The van der Waals surface area contributed by atoms with Crippen molar-refractivity contribution in [1.29, 1.82) is 0 Å². The van der Waals surface area contributed by atoms with E-state index in [0.29, 0.717) is 17.2 Å². The summed E-state index contributed by atoms with van der Waals surface area (Å²) in [7, 11) is 0. The predicted molar refractivity (Wildman–Crippen MR) is 89.3 cm³/mol. The highest BCUT2D eigenvalue weighted by Gasteiger charge is 2.19. The van der Waals surface area contributed by atoms with Crippen LogP contribution in [-0.2, 0) is 11.2 Å². The van der Waals surface area contributed by atoms with Crippen LogP contribution in [0.3, 0.4) is 0 Å². The topological polar surface area (TPSA) is 60.2 Å². The second-order valence-corrected chi connectivity index (χ2v) is 5.98. The summed E-state index contributed by atoms with van der Waals surface area (Å²) in [6.45, 7) is 0. The van der Waals surface area contributed by atoms with Crippen LogP contribution >= 0.6 is 11.3 Å². The number of hydrogen-bond donors (Lipinski definition) is 0. The Kier molecular flexibility index (Phi) is 3.62. The van der Waals surface area contributed by atoms with Crippen LogP contribution in [0, 0.1) is 5.82 Å². The summed E-state index contributed by atoms with van der Waals surface area (Å²) in [6, 6.07) is 7.97. The first-order valence-corrected chi connectivity index (χ1v) is 8.11. The average molecular weight is 338 g/mol. The molecular formula is C17H11FN4OS. The minimum atomic E-state index is -0.301. The molecule has 5 nitrogen and oxygen atoms in total. The lowest BCUT2D eigenvalue weighted by Gasteiger charge is -2.02. The first-order valence-electron chi connectivity index (χ1n) is 7.23. The van der Waals surface area contributed by atoms with Crippen LogP contribution < -0.4 is 0 Å². The van der Waals surface area contributed by atoms with Crippen molar-refractivity contribution in [2.45, 2.75) is 6.42 Å². The molecule has 0 unspecified atom stereocenters. The van der Waals surface area contributed by atoms with Gasteiger partial charge in [0.15, 0.2) is 0 Å². The molecule has 0 bridgehead atoms. The van der Waals surface area contributed by atoms with Gasteiger partial charge in [0.25, 0.3) is 0 Å². The Bertz CT molecular complexity index is 1020. The smallest absolute Gasteiger partial charge is 0.234 e. The van der Waals surface area contributed by atoms with E-state index < -0.39 is 0 Å². The molecule has 118 valence electrons. The van der Waals surface area contributed by atoms with Gasteiger partial charge in [0.05, 0.1) is 5.69 Å². The Morgan fingerprint density at radius 1 is 1.21 bits per heavy atom. The van der Waals surface area contributed by atoms with Crippen LogP contribution in [0.4, 0.5) is 4.39 Å². The van der Waals surface area contributed by atoms with Crippen molar-refractivity contribution < 1.29 is 9.18 Å². The first kappa shape index (κ1) is 14.6. The zero-order chi connectivity index (χ0) is 16.5. The summed E-state index contributed by atoms with van der Waals surface area (Å²) >= 11 is 1.44. The number of benzene rings is 1. The van der Waals surface area contributed by atoms with Crippen molar-refractivity contribution in [1.82, 2.24) is 19.4 Å². The first-order chi connectivity index (χ1) is 11.8. The van der Waals surface area contributed by atoms with E-state index in [1.807, 2.05) is 22.0 Å². The molecule has 0 aliphatic heterocycles. The molecule has 0 amide bonds. The van der Waals surface area contributed by atoms with Crippen LogP contribution in [0.15, 0.2) is 48.1 Å². The Labute approximate surface area is 140 Å². The predicted octanol–water partition coefficient (Wildman–Crippen LogP) is 3.40. The summed E-state index contributed by atoms with van der Waals surface area (Å²) in [6.07, 6.45) is 4.63. The highest BCUT2D eigenvalue weighted by atomic mass is 32.1. The number of imidazole rings is 1. The van der Waals surface area contributed by atoms with E-state index in [9.17, 15) is 9.18 Å². The third-order valence-electron chi connectivity index (χ3n) is 3.57. The molecule has 24 heavy (non-hydrogen) atoms. The van der Waals surface area contributed by atoms with Gasteiger partial charge in [0, 0.05) is 29.8 Å². The molecule has 0 fully saturated rings. The van der Waals surface area contributed by atoms with Crippen LogP contribution in [0.5, 0.6) is 0 Å². The molecule has 0 saturated carbocycles. The van der Waals surface area contributed by atoms with Gasteiger partial charge in [-0.25, -0.2) is 19.3 Å².